The molecule has 2 aromatic heterocycles. The van der Waals surface area contributed by atoms with Crippen LogP contribution in [0.1, 0.15) is 11.3 Å². The molecular weight excluding hydrogens is 333 g/mol. The Morgan fingerprint density at radius 2 is 1.96 bits per heavy atom. The summed E-state index contributed by atoms with van der Waals surface area (Å²) in [5.41, 5.74) is 3.18. The first-order valence-corrected chi connectivity index (χ1v) is 8.14. The molecule has 4 rings (SSSR count). The van der Waals surface area contributed by atoms with Crippen LogP contribution in [-0.4, -0.2) is 19.6 Å². The van der Waals surface area contributed by atoms with Gasteiger partial charge in [-0.2, -0.15) is 9.50 Å². The van der Waals surface area contributed by atoms with Gasteiger partial charge in [0.2, 0.25) is 5.78 Å². The van der Waals surface area contributed by atoms with Crippen molar-refractivity contribution in [2.45, 2.75) is 13.5 Å². The number of H-pyrrole nitrogens is 1. The molecule has 130 valence electrons. The van der Waals surface area contributed by atoms with Crippen molar-refractivity contribution in [2.24, 2.45) is 0 Å². The third-order valence-electron chi connectivity index (χ3n) is 3.99. The van der Waals surface area contributed by atoms with Gasteiger partial charge in [0.1, 0.15) is 5.82 Å². The lowest BCUT2D eigenvalue weighted by Crippen LogP contribution is -2.17. The maximum atomic E-state index is 13.1. The molecule has 0 aliphatic carbocycles. The number of nitrogens with zero attached hydrogens (tertiary/aromatic N) is 3. The van der Waals surface area contributed by atoms with Gasteiger partial charge in [-0.1, -0.05) is 12.1 Å². The van der Waals surface area contributed by atoms with Crippen LogP contribution in [0.15, 0.2) is 59.4 Å². The van der Waals surface area contributed by atoms with Crippen LogP contribution >= 0.6 is 0 Å². The summed E-state index contributed by atoms with van der Waals surface area (Å²) in [6.45, 7) is 2.47. The van der Waals surface area contributed by atoms with Crippen LogP contribution in [0.3, 0.4) is 0 Å². The Morgan fingerprint density at radius 1 is 1.15 bits per heavy atom. The zero-order valence-corrected chi connectivity index (χ0v) is 14.0. The molecule has 0 bridgehead atoms. The summed E-state index contributed by atoms with van der Waals surface area (Å²) in [5.74, 6) is 0.373. The molecule has 2 heterocycles. The van der Waals surface area contributed by atoms with Gasteiger partial charge in [-0.25, -0.2) is 4.39 Å². The molecule has 2 N–H and O–H groups in total. The highest BCUT2D eigenvalue weighted by atomic mass is 19.1. The molecule has 0 radical (unpaired) electrons. The standard InChI is InChI=1S/C19H16FN5O/c1-12-3-2-4-15(9-12)21-11-16-10-17(26)25-19(22-16)23-18(24-25)13-5-7-14(20)8-6-13/h2-10,21H,11H2,1H3,(H,22,23,24). The molecule has 7 heteroatoms. The van der Waals surface area contributed by atoms with Crippen LogP contribution in [0, 0.1) is 12.7 Å². The van der Waals surface area contributed by atoms with Crippen molar-refractivity contribution in [1.82, 2.24) is 19.6 Å². The average Bonchev–Trinajstić information content (AvgIpc) is 3.05. The van der Waals surface area contributed by atoms with Crippen LogP contribution in [-0.2, 0) is 6.54 Å². The quantitative estimate of drug-likeness (QED) is 0.593. The average molecular weight is 349 g/mol. The van der Waals surface area contributed by atoms with Gasteiger partial charge in [-0.05, 0) is 48.9 Å². The Kier molecular flexibility index (Phi) is 3.96. The zero-order valence-electron chi connectivity index (χ0n) is 14.0. The van der Waals surface area contributed by atoms with Gasteiger partial charge in [-0.15, -0.1) is 5.10 Å². The second-order valence-electron chi connectivity index (χ2n) is 6.03. The van der Waals surface area contributed by atoms with Crippen molar-refractivity contribution in [3.05, 3.63) is 82.0 Å². The van der Waals surface area contributed by atoms with Crippen LogP contribution < -0.4 is 10.9 Å². The molecule has 2 aromatic carbocycles. The molecule has 4 aromatic rings. The van der Waals surface area contributed by atoms with Crippen LogP contribution in [0.25, 0.3) is 17.2 Å². The molecular formula is C19H16FN5O. The number of nitrogens with one attached hydrogen (secondary N) is 2. The molecule has 0 aliphatic heterocycles. The van der Waals surface area contributed by atoms with Crippen molar-refractivity contribution < 1.29 is 4.39 Å². The minimum absolute atomic E-state index is 0.277. The number of hydrogen-bond acceptors (Lipinski definition) is 4. The lowest BCUT2D eigenvalue weighted by Gasteiger charge is -2.07. The Morgan fingerprint density at radius 3 is 2.73 bits per heavy atom. The summed E-state index contributed by atoms with van der Waals surface area (Å²) in [6, 6.07) is 15.3. The normalized spacial score (nSPS) is 11.0. The molecule has 0 spiro atoms. The van der Waals surface area contributed by atoms with Gasteiger partial charge >= 0.3 is 0 Å². The van der Waals surface area contributed by atoms with E-state index < -0.39 is 0 Å². The number of aromatic nitrogens is 4. The lowest BCUT2D eigenvalue weighted by atomic mass is 10.2. The highest BCUT2D eigenvalue weighted by Crippen LogP contribution is 2.16. The van der Waals surface area contributed by atoms with Crippen molar-refractivity contribution in [3.8, 4) is 11.4 Å². The van der Waals surface area contributed by atoms with E-state index in [-0.39, 0.29) is 11.4 Å². The minimum atomic E-state index is -0.335. The highest BCUT2D eigenvalue weighted by molar-refractivity contribution is 5.56. The number of halogens is 1. The molecule has 0 fully saturated rings. The summed E-state index contributed by atoms with van der Waals surface area (Å²) in [6.07, 6.45) is 0. The van der Waals surface area contributed by atoms with E-state index in [0.29, 0.717) is 29.4 Å². The van der Waals surface area contributed by atoms with Gasteiger partial charge in [0.15, 0.2) is 5.82 Å². The van der Waals surface area contributed by atoms with Crippen LogP contribution in [0.4, 0.5) is 10.1 Å². The van der Waals surface area contributed by atoms with Crippen molar-refractivity contribution >= 4 is 11.5 Å². The topological polar surface area (TPSA) is 75.1 Å². The second kappa shape index (κ2) is 6.44. The zero-order chi connectivity index (χ0) is 18.1. The number of benzene rings is 2. The third kappa shape index (κ3) is 3.19. The maximum absolute atomic E-state index is 13.1. The largest absolute Gasteiger partial charge is 0.379 e. The lowest BCUT2D eigenvalue weighted by molar-refractivity contribution is 0.628. The first-order chi connectivity index (χ1) is 12.6. The van der Waals surface area contributed by atoms with E-state index in [0.717, 1.165) is 11.3 Å². The molecule has 0 saturated heterocycles. The Hall–Kier alpha value is -3.48. The molecule has 26 heavy (non-hydrogen) atoms. The fourth-order valence-electron chi connectivity index (χ4n) is 2.71. The van der Waals surface area contributed by atoms with Gasteiger partial charge < -0.3 is 10.3 Å². The minimum Gasteiger partial charge on any atom is -0.379 e. The number of fused-ring (bicyclic) bond motifs is 1. The second-order valence-corrected chi connectivity index (χ2v) is 6.03. The first kappa shape index (κ1) is 16.0. The fourth-order valence-corrected chi connectivity index (χ4v) is 2.71. The Labute approximate surface area is 148 Å². The first-order valence-electron chi connectivity index (χ1n) is 8.14. The van der Waals surface area contributed by atoms with Crippen LogP contribution in [0.2, 0.25) is 0 Å². The SMILES string of the molecule is Cc1cccc(NCc2cc(=O)n3nc(-c4ccc(F)cc4)nc3[nH]2)c1. The van der Waals surface area contributed by atoms with E-state index in [1.807, 2.05) is 31.2 Å². The number of hydrogen-bond donors (Lipinski definition) is 2. The van der Waals surface area contributed by atoms with Crippen molar-refractivity contribution in [1.29, 1.82) is 0 Å². The van der Waals surface area contributed by atoms with E-state index in [4.69, 9.17) is 0 Å². The summed E-state index contributed by atoms with van der Waals surface area (Å²) in [4.78, 5) is 19.8. The fraction of sp³-hybridized carbons (Fsp3) is 0.105. The molecule has 0 saturated carbocycles. The maximum Gasteiger partial charge on any atom is 0.275 e. The van der Waals surface area contributed by atoms with Crippen LogP contribution in [0.5, 0.6) is 0 Å². The molecule has 0 unspecified atom stereocenters. The summed E-state index contributed by atoms with van der Waals surface area (Å²) in [5, 5.41) is 7.47. The molecule has 0 aliphatic rings. The van der Waals surface area contributed by atoms with Crippen molar-refractivity contribution in [2.75, 3.05) is 5.32 Å². The molecule has 6 nitrogen and oxygen atoms in total. The van der Waals surface area contributed by atoms with E-state index in [1.54, 1.807) is 12.1 Å². The number of rotatable bonds is 4. The monoisotopic (exact) mass is 349 g/mol. The van der Waals surface area contributed by atoms with Gasteiger partial charge in [-0.3, -0.25) is 4.79 Å². The van der Waals surface area contributed by atoms with Gasteiger partial charge in [0.25, 0.3) is 5.56 Å². The van der Waals surface area contributed by atoms with Gasteiger partial charge in [0.05, 0.1) is 6.54 Å². The predicted molar refractivity (Wildman–Crippen MR) is 97.5 cm³/mol. The molecule has 0 atom stereocenters. The summed E-state index contributed by atoms with van der Waals surface area (Å²) < 4.78 is 14.3. The van der Waals surface area contributed by atoms with E-state index in [9.17, 15) is 9.18 Å². The summed E-state index contributed by atoms with van der Waals surface area (Å²) >= 11 is 0. The van der Waals surface area contributed by atoms with E-state index >= 15 is 0 Å². The highest BCUT2D eigenvalue weighted by Gasteiger charge is 2.10. The van der Waals surface area contributed by atoms with Crippen molar-refractivity contribution in [3.63, 3.8) is 0 Å². The van der Waals surface area contributed by atoms with E-state index in [2.05, 4.69) is 20.4 Å². The summed E-state index contributed by atoms with van der Waals surface area (Å²) in [7, 11) is 0. The smallest absolute Gasteiger partial charge is 0.275 e. The third-order valence-corrected chi connectivity index (χ3v) is 3.99. The number of aromatic amines is 1. The predicted octanol–water partition coefficient (Wildman–Crippen LogP) is 3.14. The number of aryl methyl sites for hydroxylation is 1. The van der Waals surface area contributed by atoms with E-state index in [1.165, 1.54) is 22.7 Å². The Bertz CT molecular complexity index is 1130. The number of anilines is 1. The Balaban J connectivity index is 1.63. The molecule has 0 amide bonds. The van der Waals surface area contributed by atoms with Gasteiger partial charge in [0, 0.05) is 23.0 Å².